The van der Waals surface area contributed by atoms with Gasteiger partial charge in [0.2, 0.25) is 0 Å². The standard InChI is InChI=1S/C12H21NS/c1-8-9(11(2,3)4)14-10(13-8)12(5,6)7/h1-7H3. The number of rotatable bonds is 0. The Bertz CT molecular complexity index is 323. The van der Waals surface area contributed by atoms with Gasteiger partial charge in [0.1, 0.15) is 0 Å². The minimum atomic E-state index is 0.179. The summed E-state index contributed by atoms with van der Waals surface area (Å²) >= 11 is 1.86. The van der Waals surface area contributed by atoms with Crippen LogP contribution in [-0.4, -0.2) is 4.98 Å². The molecule has 0 radical (unpaired) electrons. The summed E-state index contributed by atoms with van der Waals surface area (Å²) < 4.78 is 0. The average molecular weight is 211 g/mol. The maximum atomic E-state index is 4.67. The smallest absolute Gasteiger partial charge is 0.0984 e. The molecule has 0 aliphatic heterocycles. The number of nitrogens with zero attached hydrogens (tertiary/aromatic N) is 1. The molecule has 2 heteroatoms. The van der Waals surface area contributed by atoms with Crippen LogP contribution >= 0.6 is 11.3 Å². The molecule has 80 valence electrons. The summed E-state index contributed by atoms with van der Waals surface area (Å²) in [5.41, 5.74) is 1.61. The molecular formula is C12H21NS. The highest BCUT2D eigenvalue weighted by Crippen LogP contribution is 2.35. The van der Waals surface area contributed by atoms with Crippen molar-refractivity contribution in [3.8, 4) is 0 Å². The Kier molecular flexibility index (Phi) is 2.79. The molecule has 1 heterocycles. The van der Waals surface area contributed by atoms with Crippen LogP contribution < -0.4 is 0 Å². The Hall–Kier alpha value is -0.370. The second kappa shape index (κ2) is 3.34. The molecule has 0 spiro atoms. The molecule has 0 bridgehead atoms. The third-order valence-electron chi connectivity index (χ3n) is 2.12. The number of thiazole rings is 1. The van der Waals surface area contributed by atoms with Crippen molar-refractivity contribution in [1.29, 1.82) is 0 Å². The van der Waals surface area contributed by atoms with Crippen LogP contribution in [0.4, 0.5) is 0 Å². The summed E-state index contributed by atoms with van der Waals surface area (Å²) in [5, 5.41) is 1.25. The van der Waals surface area contributed by atoms with E-state index in [-0.39, 0.29) is 10.8 Å². The third kappa shape index (κ3) is 2.35. The zero-order chi connectivity index (χ0) is 11.1. The van der Waals surface area contributed by atoms with Gasteiger partial charge in [-0.25, -0.2) is 4.98 Å². The van der Waals surface area contributed by atoms with Crippen LogP contribution in [-0.2, 0) is 10.8 Å². The molecule has 1 aromatic rings. The predicted molar refractivity (Wildman–Crippen MR) is 64.3 cm³/mol. The summed E-state index contributed by atoms with van der Waals surface area (Å²) in [6.45, 7) is 15.5. The van der Waals surface area contributed by atoms with Crippen molar-refractivity contribution in [1.82, 2.24) is 4.98 Å². The SMILES string of the molecule is Cc1nc(C(C)(C)C)sc1C(C)(C)C. The van der Waals surface area contributed by atoms with Gasteiger partial charge < -0.3 is 0 Å². The van der Waals surface area contributed by atoms with Gasteiger partial charge in [-0.15, -0.1) is 11.3 Å². The maximum Gasteiger partial charge on any atom is 0.0984 e. The summed E-state index contributed by atoms with van der Waals surface area (Å²) in [4.78, 5) is 6.09. The summed E-state index contributed by atoms with van der Waals surface area (Å²) in [6, 6.07) is 0. The van der Waals surface area contributed by atoms with E-state index in [1.807, 2.05) is 11.3 Å². The molecule has 0 saturated carbocycles. The van der Waals surface area contributed by atoms with Crippen LogP contribution in [0.25, 0.3) is 0 Å². The van der Waals surface area contributed by atoms with Gasteiger partial charge >= 0.3 is 0 Å². The highest BCUT2D eigenvalue weighted by molar-refractivity contribution is 7.12. The molecule has 0 atom stereocenters. The Morgan fingerprint density at radius 3 is 1.64 bits per heavy atom. The van der Waals surface area contributed by atoms with Gasteiger partial charge in [0, 0.05) is 10.3 Å². The Balaban J connectivity index is 3.19. The lowest BCUT2D eigenvalue weighted by atomic mass is 9.93. The highest BCUT2D eigenvalue weighted by Gasteiger charge is 2.25. The lowest BCUT2D eigenvalue weighted by molar-refractivity contribution is 0.582. The van der Waals surface area contributed by atoms with Gasteiger partial charge in [-0.2, -0.15) is 0 Å². The van der Waals surface area contributed by atoms with Crippen LogP contribution in [0.1, 0.15) is 57.1 Å². The minimum absolute atomic E-state index is 0.179. The minimum Gasteiger partial charge on any atom is -0.246 e. The first-order valence-electron chi connectivity index (χ1n) is 5.11. The van der Waals surface area contributed by atoms with Gasteiger partial charge in [-0.1, -0.05) is 41.5 Å². The molecule has 0 aliphatic rings. The molecule has 1 aromatic heterocycles. The molecule has 1 nitrogen and oxygen atoms in total. The molecule has 0 unspecified atom stereocenters. The fourth-order valence-corrected chi connectivity index (χ4v) is 2.59. The van der Waals surface area contributed by atoms with E-state index in [0.717, 1.165) is 0 Å². The monoisotopic (exact) mass is 211 g/mol. The topological polar surface area (TPSA) is 12.9 Å². The molecule has 0 aromatic carbocycles. The number of hydrogen-bond acceptors (Lipinski definition) is 2. The van der Waals surface area contributed by atoms with E-state index in [1.54, 1.807) is 0 Å². The first-order valence-corrected chi connectivity index (χ1v) is 5.92. The normalized spacial score (nSPS) is 13.4. The lowest BCUT2D eigenvalue weighted by Gasteiger charge is -2.17. The van der Waals surface area contributed by atoms with E-state index in [1.165, 1.54) is 15.6 Å². The molecule has 0 N–H and O–H groups in total. The summed E-state index contributed by atoms with van der Waals surface area (Å²) in [7, 11) is 0. The zero-order valence-electron chi connectivity index (χ0n) is 10.4. The highest BCUT2D eigenvalue weighted by atomic mass is 32.1. The summed E-state index contributed by atoms with van der Waals surface area (Å²) in [6.07, 6.45) is 0. The van der Waals surface area contributed by atoms with E-state index in [2.05, 4.69) is 53.5 Å². The Morgan fingerprint density at radius 2 is 1.43 bits per heavy atom. The Morgan fingerprint density at radius 1 is 0.929 bits per heavy atom. The molecule has 0 fully saturated rings. The van der Waals surface area contributed by atoms with Gasteiger partial charge in [0.15, 0.2) is 0 Å². The first-order chi connectivity index (χ1) is 6.12. The second-order valence-corrected chi connectivity index (χ2v) is 6.93. The van der Waals surface area contributed by atoms with Crippen LogP contribution in [0.3, 0.4) is 0 Å². The van der Waals surface area contributed by atoms with Crippen molar-refractivity contribution in [3.63, 3.8) is 0 Å². The number of aryl methyl sites for hydroxylation is 1. The van der Waals surface area contributed by atoms with Crippen molar-refractivity contribution < 1.29 is 0 Å². The lowest BCUT2D eigenvalue weighted by Crippen LogP contribution is -2.10. The maximum absolute atomic E-state index is 4.67. The van der Waals surface area contributed by atoms with Gasteiger partial charge in [0.05, 0.1) is 10.7 Å². The van der Waals surface area contributed by atoms with Gasteiger partial charge in [-0.3, -0.25) is 0 Å². The van der Waals surface area contributed by atoms with E-state index < -0.39 is 0 Å². The first kappa shape index (κ1) is 11.7. The predicted octanol–water partition coefficient (Wildman–Crippen LogP) is 4.05. The quantitative estimate of drug-likeness (QED) is 0.631. The van der Waals surface area contributed by atoms with E-state index in [4.69, 9.17) is 0 Å². The zero-order valence-corrected chi connectivity index (χ0v) is 11.2. The van der Waals surface area contributed by atoms with Crippen LogP contribution in [0.15, 0.2) is 0 Å². The molecule has 0 saturated heterocycles. The molecule has 1 rings (SSSR count). The van der Waals surface area contributed by atoms with Crippen LogP contribution in [0.2, 0.25) is 0 Å². The average Bonchev–Trinajstić information content (AvgIpc) is 2.27. The van der Waals surface area contributed by atoms with Crippen molar-refractivity contribution in [3.05, 3.63) is 15.6 Å². The number of aromatic nitrogens is 1. The summed E-state index contributed by atoms with van der Waals surface area (Å²) in [5.74, 6) is 0. The van der Waals surface area contributed by atoms with Crippen molar-refractivity contribution in [2.75, 3.05) is 0 Å². The van der Waals surface area contributed by atoms with Crippen molar-refractivity contribution >= 4 is 11.3 Å². The van der Waals surface area contributed by atoms with E-state index in [0.29, 0.717) is 0 Å². The fourth-order valence-electron chi connectivity index (χ4n) is 1.41. The second-order valence-electron chi connectivity index (χ2n) is 5.93. The van der Waals surface area contributed by atoms with E-state index in [9.17, 15) is 0 Å². The Labute approximate surface area is 91.6 Å². The third-order valence-corrected chi connectivity index (χ3v) is 4.13. The number of hydrogen-bond donors (Lipinski definition) is 0. The van der Waals surface area contributed by atoms with Gasteiger partial charge in [0.25, 0.3) is 0 Å². The molecule has 0 aliphatic carbocycles. The van der Waals surface area contributed by atoms with E-state index >= 15 is 0 Å². The fraction of sp³-hybridized carbons (Fsp3) is 0.750. The molecule has 14 heavy (non-hydrogen) atoms. The molecule has 0 amide bonds. The van der Waals surface area contributed by atoms with Gasteiger partial charge in [-0.05, 0) is 12.3 Å². The van der Waals surface area contributed by atoms with Crippen LogP contribution in [0, 0.1) is 6.92 Å². The van der Waals surface area contributed by atoms with Crippen LogP contribution in [0.5, 0.6) is 0 Å². The largest absolute Gasteiger partial charge is 0.246 e. The van der Waals surface area contributed by atoms with Crippen molar-refractivity contribution in [2.45, 2.75) is 59.3 Å². The molecular weight excluding hydrogens is 190 g/mol. The van der Waals surface area contributed by atoms with Crippen molar-refractivity contribution in [2.24, 2.45) is 0 Å².